The first-order valence-electron chi connectivity index (χ1n) is 11.3. The number of carbonyl (C=O) groups excluding carboxylic acids is 2. The van der Waals surface area contributed by atoms with Crippen LogP contribution in [0.15, 0.2) is 84.9 Å². The number of nitrogens with zero attached hydrogens (tertiary/aromatic N) is 2. The first kappa shape index (κ1) is 22.6. The lowest BCUT2D eigenvalue weighted by atomic mass is 9.77. The fraction of sp³-hybridized carbons (Fsp3) is 0.286. The van der Waals surface area contributed by atoms with Crippen molar-refractivity contribution in [2.24, 2.45) is 5.41 Å². The Morgan fingerprint density at radius 3 is 2.12 bits per heavy atom. The summed E-state index contributed by atoms with van der Waals surface area (Å²) in [6, 6.07) is 25.8. The molecule has 0 saturated carbocycles. The third-order valence-corrected chi connectivity index (χ3v) is 6.32. The highest BCUT2D eigenvalue weighted by molar-refractivity contribution is 5.93. The van der Waals surface area contributed by atoms with Crippen molar-refractivity contribution in [3.05, 3.63) is 102 Å². The summed E-state index contributed by atoms with van der Waals surface area (Å²) in [6.45, 7) is 8.66. The number of hydrogen-bond donors (Lipinski definition) is 0. The van der Waals surface area contributed by atoms with Crippen molar-refractivity contribution in [1.82, 2.24) is 9.80 Å². The average Bonchev–Trinajstić information content (AvgIpc) is 2.82. The highest BCUT2D eigenvalue weighted by atomic mass is 16.6. The first-order valence-corrected chi connectivity index (χ1v) is 11.3. The molecular weight excluding hydrogens is 412 g/mol. The van der Waals surface area contributed by atoms with Gasteiger partial charge in [0, 0.05) is 12.0 Å². The molecule has 0 aromatic heterocycles. The summed E-state index contributed by atoms with van der Waals surface area (Å²) in [5.41, 5.74) is 2.58. The Labute approximate surface area is 195 Å². The van der Waals surface area contributed by atoms with E-state index in [2.05, 4.69) is 13.8 Å². The summed E-state index contributed by atoms with van der Waals surface area (Å²) in [4.78, 5) is 30.4. The molecule has 1 fully saturated rings. The molecule has 0 bridgehead atoms. The summed E-state index contributed by atoms with van der Waals surface area (Å²) in [6.07, 6.45) is -0.671. The molecule has 4 rings (SSSR count). The summed E-state index contributed by atoms with van der Waals surface area (Å²) >= 11 is 0. The van der Waals surface area contributed by atoms with Crippen molar-refractivity contribution in [2.45, 2.75) is 39.8 Å². The average molecular weight is 443 g/mol. The monoisotopic (exact) mass is 442 g/mol. The predicted octanol–water partition coefficient (Wildman–Crippen LogP) is 6.76. The Hall–Kier alpha value is -3.60. The second-order valence-corrected chi connectivity index (χ2v) is 9.35. The van der Waals surface area contributed by atoms with E-state index in [1.165, 1.54) is 4.90 Å². The predicted molar refractivity (Wildman–Crippen MR) is 129 cm³/mol. The molecule has 3 aromatic rings. The maximum Gasteiger partial charge on any atom is 0.424 e. The molecular formula is C28H30N2O3. The van der Waals surface area contributed by atoms with E-state index in [1.54, 1.807) is 17.0 Å². The number of urea groups is 1. The molecule has 0 radical (unpaired) electrons. The van der Waals surface area contributed by atoms with Crippen molar-refractivity contribution in [3.63, 3.8) is 0 Å². The standard InChI is InChI=1S/C28H30N2O3/c1-20-15-17-24(18-16-20)33-27(32)30-25(23-13-9-6-10-14-23)28(3,4)19-29(26(30)31)21(2)22-11-7-5-8-12-22/h5-18,21,25H,19H2,1-4H3/t21-,25?/m1/s1. The number of benzene rings is 3. The minimum absolute atomic E-state index is 0.190. The minimum Gasteiger partial charge on any atom is -0.410 e. The number of ether oxygens (including phenoxy) is 1. The van der Waals surface area contributed by atoms with Gasteiger partial charge in [-0.2, -0.15) is 0 Å². The van der Waals surface area contributed by atoms with Crippen LogP contribution in [0.4, 0.5) is 9.59 Å². The van der Waals surface area contributed by atoms with Gasteiger partial charge in [-0.05, 0) is 37.1 Å². The quantitative estimate of drug-likeness (QED) is 0.448. The van der Waals surface area contributed by atoms with Gasteiger partial charge in [0.15, 0.2) is 0 Å². The summed E-state index contributed by atoms with van der Waals surface area (Å²) < 4.78 is 5.70. The zero-order valence-electron chi connectivity index (χ0n) is 19.6. The zero-order chi connectivity index (χ0) is 23.6. The number of imide groups is 1. The molecule has 0 aliphatic carbocycles. The maximum atomic E-state index is 13.8. The molecule has 1 aliphatic rings. The molecule has 170 valence electrons. The molecule has 0 spiro atoms. The molecule has 1 aliphatic heterocycles. The fourth-order valence-corrected chi connectivity index (χ4v) is 4.58. The van der Waals surface area contributed by atoms with E-state index in [9.17, 15) is 9.59 Å². The van der Waals surface area contributed by atoms with E-state index in [0.717, 1.165) is 16.7 Å². The Bertz CT molecular complexity index is 1110. The van der Waals surface area contributed by atoms with Crippen molar-refractivity contribution in [2.75, 3.05) is 6.54 Å². The van der Waals surface area contributed by atoms with Crippen molar-refractivity contribution < 1.29 is 14.3 Å². The van der Waals surface area contributed by atoms with Crippen LogP contribution in [0.3, 0.4) is 0 Å². The topological polar surface area (TPSA) is 49.9 Å². The summed E-state index contributed by atoms with van der Waals surface area (Å²) in [5.74, 6) is 0.413. The number of amides is 3. The van der Waals surface area contributed by atoms with Crippen molar-refractivity contribution >= 4 is 12.1 Å². The van der Waals surface area contributed by atoms with Crippen LogP contribution in [0, 0.1) is 12.3 Å². The van der Waals surface area contributed by atoms with Gasteiger partial charge in [0.2, 0.25) is 0 Å². The fourth-order valence-electron chi connectivity index (χ4n) is 4.58. The largest absolute Gasteiger partial charge is 0.424 e. The lowest BCUT2D eigenvalue weighted by Gasteiger charge is -2.50. The smallest absolute Gasteiger partial charge is 0.410 e. The van der Waals surface area contributed by atoms with E-state index in [4.69, 9.17) is 4.74 Å². The molecule has 0 N–H and O–H groups in total. The number of aryl methyl sites for hydroxylation is 1. The van der Waals surface area contributed by atoms with E-state index in [1.807, 2.05) is 86.6 Å². The molecule has 2 atom stereocenters. The van der Waals surface area contributed by atoms with E-state index >= 15 is 0 Å². The Morgan fingerprint density at radius 2 is 1.52 bits per heavy atom. The SMILES string of the molecule is Cc1ccc(OC(=O)N2C(=O)N([C@H](C)c3ccccc3)CC(C)(C)C2c2ccccc2)cc1. The maximum absolute atomic E-state index is 13.8. The highest BCUT2D eigenvalue weighted by Gasteiger charge is 2.50. The Kier molecular flexibility index (Phi) is 6.23. The third kappa shape index (κ3) is 4.63. The van der Waals surface area contributed by atoms with Gasteiger partial charge in [-0.3, -0.25) is 0 Å². The third-order valence-electron chi connectivity index (χ3n) is 6.32. The van der Waals surface area contributed by atoms with Crippen LogP contribution < -0.4 is 4.74 Å². The molecule has 1 saturated heterocycles. The number of carbonyl (C=O) groups is 2. The normalized spacial score (nSPS) is 18.7. The molecule has 1 heterocycles. The molecule has 33 heavy (non-hydrogen) atoms. The molecule has 3 amide bonds. The van der Waals surface area contributed by atoms with Crippen LogP contribution in [0.2, 0.25) is 0 Å². The Balaban J connectivity index is 1.73. The lowest BCUT2D eigenvalue weighted by molar-refractivity contribution is 0.0137. The van der Waals surface area contributed by atoms with Crippen LogP contribution >= 0.6 is 0 Å². The summed E-state index contributed by atoms with van der Waals surface area (Å²) in [5, 5.41) is 0. The first-order chi connectivity index (χ1) is 15.8. The highest BCUT2D eigenvalue weighted by Crippen LogP contribution is 2.45. The van der Waals surface area contributed by atoms with Gasteiger partial charge in [0.25, 0.3) is 0 Å². The van der Waals surface area contributed by atoms with Crippen LogP contribution in [0.25, 0.3) is 0 Å². The van der Waals surface area contributed by atoms with Gasteiger partial charge >= 0.3 is 12.1 Å². The van der Waals surface area contributed by atoms with Gasteiger partial charge in [-0.25, -0.2) is 14.5 Å². The van der Waals surface area contributed by atoms with Gasteiger partial charge in [-0.1, -0.05) is 92.2 Å². The zero-order valence-corrected chi connectivity index (χ0v) is 19.6. The summed E-state index contributed by atoms with van der Waals surface area (Å²) in [7, 11) is 0. The molecule has 1 unspecified atom stereocenters. The van der Waals surface area contributed by atoms with E-state index < -0.39 is 17.6 Å². The van der Waals surface area contributed by atoms with Crippen LogP contribution in [-0.2, 0) is 0 Å². The van der Waals surface area contributed by atoms with Crippen LogP contribution in [0.1, 0.15) is 49.5 Å². The van der Waals surface area contributed by atoms with Crippen LogP contribution in [-0.4, -0.2) is 28.5 Å². The van der Waals surface area contributed by atoms with E-state index in [0.29, 0.717) is 12.3 Å². The second kappa shape index (κ2) is 9.10. The molecule has 3 aromatic carbocycles. The molecule has 5 nitrogen and oxygen atoms in total. The molecule has 5 heteroatoms. The van der Waals surface area contributed by atoms with Gasteiger partial charge in [0.1, 0.15) is 5.75 Å². The number of hydrogen-bond acceptors (Lipinski definition) is 3. The van der Waals surface area contributed by atoms with Gasteiger partial charge < -0.3 is 9.64 Å². The van der Waals surface area contributed by atoms with Crippen molar-refractivity contribution in [3.8, 4) is 5.75 Å². The number of rotatable bonds is 4. The van der Waals surface area contributed by atoms with Gasteiger partial charge in [-0.15, -0.1) is 0 Å². The van der Waals surface area contributed by atoms with Crippen molar-refractivity contribution in [1.29, 1.82) is 0 Å². The van der Waals surface area contributed by atoms with Crippen LogP contribution in [0.5, 0.6) is 5.75 Å². The minimum atomic E-state index is -0.671. The van der Waals surface area contributed by atoms with Gasteiger partial charge in [0.05, 0.1) is 12.1 Å². The van der Waals surface area contributed by atoms with E-state index in [-0.39, 0.29) is 12.1 Å². The lowest BCUT2D eigenvalue weighted by Crippen LogP contribution is -2.60. The Morgan fingerprint density at radius 1 is 0.939 bits per heavy atom. The second-order valence-electron chi connectivity index (χ2n) is 9.35.